The van der Waals surface area contributed by atoms with Crippen molar-refractivity contribution >= 4 is 5.97 Å². The molecule has 0 fully saturated rings. The molecule has 0 aliphatic rings. The molecule has 2 aromatic carbocycles. The van der Waals surface area contributed by atoms with E-state index in [4.69, 9.17) is 9.47 Å². The summed E-state index contributed by atoms with van der Waals surface area (Å²) in [6.45, 7) is 7.87. The molecule has 0 amide bonds. The van der Waals surface area contributed by atoms with E-state index in [9.17, 15) is 9.90 Å². The summed E-state index contributed by atoms with van der Waals surface area (Å²) in [7, 11) is 0. The van der Waals surface area contributed by atoms with Gasteiger partial charge in [-0.2, -0.15) is 0 Å². The van der Waals surface area contributed by atoms with Crippen LogP contribution in [0.15, 0.2) is 42.5 Å². The molecule has 0 saturated carbocycles. The van der Waals surface area contributed by atoms with Crippen LogP contribution >= 0.6 is 0 Å². The quantitative estimate of drug-likeness (QED) is 0.268. The maximum atomic E-state index is 11.6. The molecule has 1 unspecified atom stereocenters. The zero-order valence-corrected chi connectivity index (χ0v) is 20.1. The third-order valence-corrected chi connectivity index (χ3v) is 5.77. The summed E-state index contributed by atoms with van der Waals surface area (Å²) < 4.78 is 12.0. The summed E-state index contributed by atoms with van der Waals surface area (Å²) in [5, 5.41) is 9.48. The summed E-state index contributed by atoms with van der Waals surface area (Å²) in [4.78, 5) is 11.6. The SMILES string of the molecule is CCCCCCCCOc1ccc(-c2ccc(C(=O)O)cc2C(CC)OCCCC)cc1. The Labute approximate surface area is 194 Å². The van der Waals surface area contributed by atoms with Gasteiger partial charge in [0.25, 0.3) is 0 Å². The lowest BCUT2D eigenvalue weighted by atomic mass is 9.93. The smallest absolute Gasteiger partial charge is 0.335 e. The Morgan fingerprint density at radius 2 is 1.53 bits per heavy atom. The maximum Gasteiger partial charge on any atom is 0.335 e. The molecule has 0 spiro atoms. The maximum absolute atomic E-state index is 11.6. The molecule has 1 atom stereocenters. The van der Waals surface area contributed by atoms with E-state index in [2.05, 4.69) is 32.9 Å². The summed E-state index contributed by atoms with van der Waals surface area (Å²) in [6.07, 6.45) is 10.2. The van der Waals surface area contributed by atoms with Gasteiger partial charge < -0.3 is 14.6 Å². The van der Waals surface area contributed by atoms with Crippen LogP contribution in [0.2, 0.25) is 0 Å². The number of carboxylic acid groups (broad SMARTS) is 1. The molecule has 32 heavy (non-hydrogen) atoms. The molecule has 0 aliphatic carbocycles. The monoisotopic (exact) mass is 440 g/mol. The van der Waals surface area contributed by atoms with Crippen molar-refractivity contribution in [2.24, 2.45) is 0 Å². The second-order valence-corrected chi connectivity index (χ2v) is 8.37. The lowest BCUT2D eigenvalue weighted by Gasteiger charge is -2.21. The predicted octanol–water partition coefficient (Wildman–Crippen LogP) is 8.06. The minimum atomic E-state index is -0.917. The minimum Gasteiger partial charge on any atom is -0.494 e. The Hall–Kier alpha value is -2.33. The molecule has 0 radical (unpaired) electrons. The summed E-state index contributed by atoms with van der Waals surface area (Å²) in [5.41, 5.74) is 3.28. The lowest BCUT2D eigenvalue weighted by molar-refractivity contribution is 0.0483. The van der Waals surface area contributed by atoms with E-state index in [1.807, 2.05) is 18.2 Å². The highest BCUT2D eigenvalue weighted by atomic mass is 16.5. The highest BCUT2D eigenvalue weighted by Crippen LogP contribution is 2.34. The number of carbonyl (C=O) groups is 1. The Balaban J connectivity index is 2.09. The molecule has 176 valence electrons. The van der Waals surface area contributed by atoms with Crippen LogP contribution in [0.3, 0.4) is 0 Å². The van der Waals surface area contributed by atoms with Gasteiger partial charge in [-0.15, -0.1) is 0 Å². The zero-order valence-electron chi connectivity index (χ0n) is 20.1. The third-order valence-electron chi connectivity index (χ3n) is 5.77. The van der Waals surface area contributed by atoms with E-state index < -0.39 is 5.97 Å². The summed E-state index contributed by atoms with van der Waals surface area (Å²) >= 11 is 0. The van der Waals surface area contributed by atoms with Gasteiger partial charge in [0.1, 0.15) is 5.75 Å². The first kappa shape index (κ1) is 25.9. The van der Waals surface area contributed by atoms with Crippen LogP contribution in [0, 0.1) is 0 Å². The number of hydrogen-bond acceptors (Lipinski definition) is 3. The van der Waals surface area contributed by atoms with Gasteiger partial charge >= 0.3 is 5.97 Å². The van der Waals surface area contributed by atoms with Gasteiger partial charge in [-0.05, 0) is 60.2 Å². The number of rotatable bonds is 16. The van der Waals surface area contributed by atoms with E-state index >= 15 is 0 Å². The van der Waals surface area contributed by atoms with Gasteiger partial charge in [-0.3, -0.25) is 0 Å². The second-order valence-electron chi connectivity index (χ2n) is 8.37. The predicted molar refractivity (Wildman–Crippen MR) is 132 cm³/mol. The van der Waals surface area contributed by atoms with E-state index in [0.717, 1.165) is 54.7 Å². The van der Waals surface area contributed by atoms with Crippen molar-refractivity contribution in [3.05, 3.63) is 53.6 Å². The Bertz CT molecular complexity index is 798. The standard InChI is InChI=1S/C28H40O4/c1-4-7-9-10-11-12-20-31-24-16-13-22(14-17-24)25-18-15-23(28(29)30)21-26(25)27(6-3)32-19-8-5-2/h13-18,21,27H,4-12,19-20H2,1-3H3,(H,29,30). The third kappa shape index (κ3) is 8.31. The average Bonchev–Trinajstić information content (AvgIpc) is 2.81. The van der Waals surface area contributed by atoms with Crippen LogP contribution in [0.25, 0.3) is 11.1 Å². The van der Waals surface area contributed by atoms with Crippen molar-refractivity contribution in [2.75, 3.05) is 13.2 Å². The molecule has 0 aliphatic heterocycles. The number of unbranched alkanes of at least 4 members (excludes halogenated alkanes) is 6. The number of carboxylic acids is 1. The molecule has 0 bridgehead atoms. The van der Waals surface area contributed by atoms with Crippen molar-refractivity contribution in [1.82, 2.24) is 0 Å². The number of hydrogen-bond donors (Lipinski definition) is 1. The van der Waals surface area contributed by atoms with Crippen LogP contribution in [-0.2, 0) is 4.74 Å². The van der Waals surface area contributed by atoms with E-state index in [0.29, 0.717) is 12.2 Å². The first-order valence-corrected chi connectivity index (χ1v) is 12.3. The average molecular weight is 441 g/mol. The fraction of sp³-hybridized carbons (Fsp3) is 0.536. The Morgan fingerprint density at radius 1 is 0.844 bits per heavy atom. The number of aromatic carboxylic acids is 1. The van der Waals surface area contributed by atoms with E-state index in [1.165, 1.54) is 32.1 Å². The zero-order chi connectivity index (χ0) is 23.2. The molecule has 0 heterocycles. The Morgan fingerprint density at radius 3 is 2.19 bits per heavy atom. The second kappa shape index (κ2) is 14.7. The molecule has 0 saturated heterocycles. The first-order valence-electron chi connectivity index (χ1n) is 12.3. The largest absolute Gasteiger partial charge is 0.494 e. The molecular formula is C28H40O4. The van der Waals surface area contributed by atoms with Crippen molar-refractivity contribution in [1.29, 1.82) is 0 Å². The number of benzene rings is 2. The van der Waals surface area contributed by atoms with Crippen LogP contribution in [0.1, 0.15) is 101 Å². The van der Waals surface area contributed by atoms with Gasteiger partial charge in [0.15, 0.2) is 0 Å². The molecule has 0 aromatic heterocycles. The van der Waals surface area contributed by atoms with Crippen molar-refractivity contribution in [2.45, 2.75) is 84.7 Å². The summed E-state index contributed by atoms with van der Waals surface area (Å²) in [6, 6.07) is 13.4. The van der Waals surface area contributed by atoms with Crippen LogP contribution in [-0.4, -0.2) is 24.3 Å². The first-order chi connectivity index (χ1) is 15.6. The highest BCUT2D eigenvalue weighted by molar-refractivity contribution is 5.89. The van der Waals surface area contributed by atoms with Crippen LogP contribution < -0.4 is 4.74 Å². The fourth-order valence-corrected chi connectivity index (χ4v) is 3.83. The molecular weight excluding hydrogens is 400 g/mol. The van der Waals surface area contributed by atoms with Gasteiger partial charge in [0.05, 0.1) is 18.3 Å². The fourth-order valence-electron chi connectivity index (χ4n) is 3.83. The Kier molecular flexibility index (Phi) is 11.9. The normalized spacial score (nSPS) is 12.0. The molecule has 4 nitrogen and oxygen atoms in total. The van der Waals surface area contributed by atoms with E-state index in [-0.39, 0.29) is 6.10 Å². The minimum absolute atomic E-state index is 0.125. The van der Waals surface area contributed by atoms with Gasteiger partial charge in [-0.25, -0.2) is 4.79 Å². The summed E-state index contributed by atoms with van der Waals surface area (Å²) in [5.74, 6) is -0.0445. The van der Waals surface area contributed by atoms with Crippen LogP contribution in [0.4, 0.5) is 0 Å². The van der Waals surface area contributed by atoms with Gasteiger partial charge in [0, 0.05) is 6.61 Å². The molecule has 2 rings (SSSR count). The van der Waals surface area contributed by atoms with Crippen molar-refractivity contribution in [3.8, 4) is 16.9 Å². The van der Waals surface area contributed by atoms with Gasteiger partial charge in [0.2, 0.25) is 0 Å². The highest BCUT2D eigenvalue weighted by Gasteiger charge is 2.18. The molecule has 2 aromatic rings. The molecule has 1 N–H and O–H groups in total. The molecule has 4 heteroatoms. The van der Waals surface area contributed by atoms with E-state index in [1.54, 1.807) is 12.1 Å². The van der Waals surface area contributed by atoms with Gasteiger partial charge in [-0.1, -0.05) is 77.5 Å². The van der Waals surface area contributed by atoms with Crippen molar-refractivity contribution in [3.63, 3.8) is 0 Å². The lowest BCUT2D eigenvalue weighted by Crippen LogP contribution is -2.08. The van der Waals surface area contributed by atoms with Crippen LogP contribution in [0.5, 0.6) is 5.75 Å². The number of ether oxygens (including phenoxy) is 2. The van der Waals surface area contributed by atoms with Crippen molar-refractivity contribution < 1.29 is 19.4 Å². The topological polar surface area (TPSA) is 55.8 Å².